The number of aliphatic hydroxyl groups is 1. The summed E-state index contributed by atoms with van der Waals surface area (Å²) < 4.78 is 16.0. The van der Waals surface area contributed by atoms with Crippen LogP contribution in [0.1, 0.15) is 29.3 Å². The summed E-state index contributed by atoms with van der Waals surface area (Å²) in [6.45, 7) is 1.68. The Balaban J connectivity index is 2.29. The Hall–Kier alpha value is -2.34. The molecule has 1 aromatic carbocycles. The topological polar surface area (TPSA) is 82.1 Å². The lowest BCUT2D eigenvalue weighted by atomic mass is 9.76. The van der Waals surface area contributed by atoms with Gasteiger partial charge in [0.05, 0.1) is 14.2 Å². The largest absolute Gasteiger partial charge is 0.497 e. The third-order valence-electron chi connectivity index (χ3n) is 4.11. The number of rotatable bonds is 2. The zero-order valence-corrected chi connectivity index (χ0v) is 12.5. The van der Waals surface area contributed by atoms with Crippen LogP contribution in [0, 0.1) is 0 Å². The molecule has 0 unspecified atom stereocenters. The molecule has 0 amide bonds. The number of hydrogen-bond donors (Lipinski definition) is 1. The van der Waals surface area contributed by atoms with E-state index in [1.165, 1.54) is 20.3 Å². The van der Waals surface area contributed by atoms with Gasteiger partial charge in [0.15, 0.2) is 5.78 Å². The Morgan fingerprint density at radius 2 is 2.00 bits per heavy atom. The molecule has 2 atom stereocenters. The Kier molecular flexibility index (Phi) is 3.21. The number of methoxy groups -OCH3 is 2. The van der Waals surface area contributed by atoms with Crippen molar-refractivity contribution >= 4 is 17.3 Å². The first kappa shape index (κ1) is 14.6. The second-order valence-corrected chi connectivity index (χ2v) is 5.55. The quantitative estimate of drug-likeness (QED) is 0.831. The molecule has 0 saturated heterocycles. The second-order valence-electron chi connectivity index (χ2n) is 5.55. The molecule has 0 radical (unpaired) electrons. The molecule has 1 aliphatic carbocycles. The molecule has 116 valence electrons. The number of hydrogen-bond acceptors (Lipinski definition) is 6. The molecule has 1 aliphatic heterocycles. The monoisotopic (exact) mass is 304 g/mol. The Bertz CT molecular complexity index is 705. The predicted octanol–water partition coefficient (Wildman–Crippen LogP) is 1.35. The lowest BCUT2D eigenvalue weighted by molar-refractivity contribution is -0.126. The van der Waals surface area contributed by atoms with Crippen molar-refractivity contribution in [1.82, 2.24) is 0 Å². The summed E-state index contributed by atoms with van der Waals surface area (Å²) >= 11 is 0. The summed E-state index contributed by atoms with van der Waals surface area (Å²) in [5, 5.41) is 9.78. The Morgan fingerprint density at radius 3 is 2.64 bits per heavy atom. The normalized spacial score (nSPS) is 26.5. The summed E-state index contributed by atoms with van der Waals surface area (Å²) in [4.78, 5) is 24.2. The van der Waals surface area contributed by atoms with E-state index in [1.54, 1.807) is 19.1 Å². The van der Waals surface area contributed by atoms with E-state index in [0.717, 1.165) is 0 Å². The molecule has 2 aliphatic rings. The maximum Gasteiger partial charge on any atom is 0.343 e. The molecule has 0 saturated carbocycles. The van der Waals surface area contributed by atoms with Gasteiger partial charge in [-0.05, 0) is 19.1 Å². The molecule has 0 fully saturated rings. The van der Waals surface area contributed by atoms with Gasteiger partial charge in [0.25, 0.3) is 0 Å². The highest BCUT2D eigenvalue weighted by atomic mass is 16.6. The van der Waals surface area contributed by atoms with Crippen molar-refractivity contribution in [2.75, 3.05) is 14.2 Å². The molecule has 0 aromatic heterocycles. The Labute approximate surface area is 127 Å². The summed E-state index contributed by atoms with van der Waals surface area (Å²) in [5.74, 6) is -0.123. The molecule has 1 N–H and O–H groups in total. The van der Waals surface area contributed by atoms with E-state index in [4.69, 9.17) is 14.2 Å². The van der Waals surface area contributed by atoms with Crippen molar-refractivity contribution in [3.8, 4) is 11.5 Å². The molecule has 1 heterocycles. The highest BCUT2D eigenvalue weighted by molar-refractivity contribution is 6.10. The van der Waals surface area contributed by atoms with Crippen LogP contribution in [-0.4, -0.2) is 42.8 Å². The molecule has 6 nitrogen and oxygen atoms in total. The first-order valence-corrected chi connectivity index (χ1v) is 6.83. The van der Waals surface area contributed by atoms with E-state index < -0.39 is 23.5 Å². The fourth-order valence-electron chi connectivity index (χ4n) is 2.98. The third kappa shape index (κ3) is 1.99. The number of carbonyl (C=O) groups is 2. The fourth-order valence-corrected chi connectivity index (χ4v) is 2.98. The van der Waals surface area contributed by atoms with Gasteiger partial charge in [0.2, 0.25) is 0 Å². The zero-order valence-electron chi connectivity index (χ0n) is 12.5. The van der Waals surface area contributed by atoms with Crippen molar-refractivity contribution in [3.63, 3.8) is 0 Å². The number of benzene rings is 1. The minimum absolute atomic E-state index is 0.0301. The van der Waals surface area contributed by atoms with Crippen LogP contribution in [0.5, 0.6) is 11.5 Å². The highest BCUT2D eigenvalue weighted by Crippen LogP contribution is 2.47. The molecule has 1 aromatic rings. The smallest absolute Gasteiger partial charge is 0.343 e. The maximum atomic E-state index is 12.4. The van der Waals surface area contributed by atoms with Crippen molar-refractivity contribution in [3.05, 3.63) is 29.3 Å². The fraction of sp³-hybridized carbons (Fsp3) is 0.375. The average molecular weight is 304 g/mol. The number of aliphatic hydroxyl groups excluding tert-OH is 1. The standard InChI is InChI=1S/C16H16O6/c1-16-7-12(18)11(17)6-10(16)9-4-8(20-2)5-13(21-3)14(9)15(19)22-16/h4-6,12,18H,7H2,1-3H3/t12-,16-/m0/s1. The van der Waals surface area contributed by atoms with Gasteiger partial charge in [-0.15, -0.1) is 0 Å². The molecular formula is C16H16O6. The minimum Gasteiger partial charge on any atom is -0.497 e. The highest BCUT2D eigenvalue weighted by Gasteiger charge is 2.47. The summed E-state index contributed by atoms with van der Waals surface area (Å²) in [6, 6.07) is 3.26. The number of ether oxygens (including phenoxy) is 3. The van der Waals surface area contributed by atoms with Gasteiger partial charge in [-0.3, -0.25) is 4.79 Å². The molecule has 22 heavy (non-hydrogen) atoms. The molecule has 0 spiro atoms. The molecule has 0 bridgehead atoms. The van der Waals surface area contributed by atoms with Crippen LogP contribution in [0.25, 0.3) is 5.57 Å². The molecular weight excluding hydrogens is 288 g/mol. The Morgan fingerprint density at radius 1 is 1.27 bits per heavy atom. The van der Waals surface area contributed by atoms with E-state index >= 15 is 0 Å². The number of ketones is 1. The van der Waals surface area contributed by atoms with Gasteiger partial charge in [0.1, 0.15) is 28.8 Å². The van der Waals surface area contributed by atoms with Crippen molar-refractivity contribution in [2.45, 2.75) is 25.0 Å². The van der Waals surface area contributed by atoms with Crippen molar-refractivity contribution in [2.24, 2.45) is 0 Å². The van der Waals surface area contributed by atoms with Gasteiger partial charge < -0.3 is 19.3 Å². The van der Waals surface area contributed by atoms with Gasteiger partial charge in [-0.1, -0.05) is 0 Å². The number of fused-ring (bicyclic) bond motifs is 3. The van der Waals surface area contributed by atoms with E-state index in [1.807, 2.05) is 0 Å². The SMILES string of the molecule is COc1cc(OC)c2c(c1)C1=CC(=O)[C@@H](O)C[C@]1(C)OC2=O. The van der Waals surface area contributed by atoms with E-state index in [0.29, 0.717) is 22.6 Å². The summed E-state index contributed by atoms with van der Waals surface area (Å²) in [7, 11) is 2.95. The van der Waals surface area contributed by atoms with Crippen LogP contribution in [0.15, 0.2) is 18.2 Å². The summed E-state index contributed by atoms with van der Waals surface area (Å²) in [6.07, 6.45) is 0.191. The van der Waals surface area contributed by atoms with Gasteiger partial charge in [-0.2, -0.15) is 0 Å². The maximum absolute atomic E-state index is 12.4. The van der Waals surface area contributed by atoms with E-state index in [-0.39, 0.29) is 12.0 Å². The van der Waals surface area contributed by atoms with E-state index in [9.17, 15) is 14.7 Å². The van der Waals surface area contributed by atoms with Crippen molar-refractivity contribution in [1.29, 1.82) is 0 Å². The average Bonchev–Trinajstić information content (AvgIpc) is 2.48. The van der Waals surface area contributed by atoms with Crippen LogP contribution in [-0.2, 0) is 9.53 Å². The first-order valence-electron chi connectivity index (χ1n) is 6.83. The van der Waals surface area contributed by atoms with Crippen LogP contribution >= 0.6 is 0 Å². The van der Waals surface area contributed by atoms with Crippen molar-refractivity contribution < 1.29 is 28.9 Å². The predicted molar refractivity (Wildman–Crippen MR) is 77.0 cm³/mol. The first-order chi connectivity index (χ1) is 10.4. The van der Waals surface area contributed by atoms with Crippen LogP contribution in [0.4, 0.5) is 0 Å². The lowest BCUT2D eigenvalue weighted by Gasteiger charge is -2.40. The lowest BCUT2D eigenvalue weighted by Crippen LogP contribution is -2.45. The zero-order chi connectivity index (χ0) is 16.1. The van der Waals surface area contributed by atoms with Crippen LogP contribution in [0.3, 0.4) is 0 Å². The van der Waals surface area contributed by atoms with Gasteiger partial charge >= 0.3 is 5.97 Å². The second kappa shape index (κ2) is 4.84. The molecule has 3 rings (SSSR count). The summed E-state index contributed by atoms with van der Waals surface area (Å²) in [5.41, 5.74) is 0.301. The van der Waals surface area contributed by atoms with Gasteiger partial charge in [-0.25, -0.2) is 4.79 Å². The minimum atomic E-state index is -1.17. The number of carbonyl (C=O) groups excluding carboxylic acids is 2. The van der Waals surface area contributed by atoms with Crippen LogP contribution < -0.4 is 9.47 Å². The van der Waals surface area contributed by atoms with E-state index in [2.05, 4.69) is 0 Å². The van der Waals surface area contributed by atoms with Crippen LogP contribution in [0.2, 0.25) is 0 Å². The number of esters is 1. The third-order valence-corrected chi connectivity index (χ3v) is 4.11. The molecule has 6 heteroatoms. The van der Waals surface area contributed by atoms with Gasteiger partial charge in [0, 0.05) is 23.6 Å².